The molecule has 14 heavy (non-hydrogen) atoms. The molecule has 67 valence electrons. The molecule has 0 aliphatic rings. The molecule has 0 spiro atoms. The van der Waals surface area contributed by atoms with Crippen LogP contribution >= 0.6 is 0 Å². The van der Waals surface area contributed by atoms with Gasteiger partial charge in [-0.1, -0.05) is 0 Å². The molecule has 0 saturated carbocycles. The maximum absolute atomic E-state index is 2.23. The Morgan fingerprint density at radius 2 is 1.14 bits per heavy atom. The summed E-state index contributed by atoms with van der Waals surface area (Å²) in [6, 6.07) is 19.4. The van der Waals surface area contributed by atoms with Crippen LogP contribution in [0.2, 0.25) is 0 Å². The van der Waals surface area contributed by atoms with Crippen molar-refractivity contribution >= 4 is 3.07 Å². The maximum atomic E-state index is 2.23. The van der Waals surface area contributed by atoms with Gasteiger partial charge in [0, 0.05) is 0 Å². The van der Waals surface area contributed by atoms with Crippen LogP contribution in [0.15, 0.2) is 54.6 Å². The molecule has 0 radical (unpaired) electrons. The van der Waals surface area contributed by atoms with Gasteiger partial charge in [-0.3, -0.25) is 0 Å². The number of benzene rings is 2. The van der Waals surface area contributed by atoms with Crippen LogP contribution < -0.4 is 3.07 Å². The van der Waals surface area contributed by atoms with Crippen molar-refractivity contribution in [3.05, 3.63) is 54.6 Å². The molecule has 2 aromatic carbocycles. The normalized spacial score (nSPS) is 9.29. The zero-order valence-corrected chi connectivity index (χ0v) is 13.4. The van der Waals surface area contributed by atoms with Gasteiger partial charge in [0.05, 0.1) is 0 Å². The van der Waals surface area contributed by atoms with Crippen molar-refractivity contribution in [2.45, 2.75) is 0 Å². The van der Waals surface area contributed by atoms with Gasteiger partial charge < -0.3 is 5.48 Å². The molecular weight excluding hydrogens is 361 g/mol. The van der Waals surface area contributed by atoms with E-state index >= 15 is 0 Å². The van der Waals surface area contributed by atoms with Crippen LogP contribution in [-0.4, -0.2) is 5.48 Å². The van der Waals surface area contributed by atoms with E-state index in [2.05, 4.69) is 48.5 Å². The van der Waals surface area contributed by atoms with E-state index in [0.717, 1.165) is 26.1 Å². The van der Waals surface area contributed by atoms with Crippen LogP contribution in [0.3, 0.4) is 0 Å². The van der Waals surface area contributed by atoms with Crippen LogP contribution in [0.25, 0.3) is 11.1 Å². The average Bonchev–Trinajstić information content (AvgIpc) is 2.20. The quantitative estimate of drug-likeness (QED) is 0.683. The van der Waals surface area contributed by atoms with Gasteiger partial charge in [0.25, 0.3) is 0 Å². The summed E-state index contributed by atoms with van der Waals surface area (Å²) in [6.07, 6.45) is 0. The Bertz CT molecular complexity index is 381. The Hall–Kier alpha value is -0.665. The van der Waals surface area contributed by atoms with Gasteiger partial charge in [0.2, 0.25) is 0 Å². The molecule has 2 N–H and O–H groups in total. The SMILES string of the molecule is O.[Hg][c]1ccc(-c2ccccc2)cc1. The van der Waals surface area contributed by atoms with Crippen LogP contribution in [-0.2, 0) is 26.1 Å². The number of hydrogen-bond donors (Lipinski definition) is 0. The topological polar surface area (TPSA) is 31.5 Å². The predicted molar refractivity (Wildman–Crippen MR) is 55.1 cm³/mol. The third-order valence-electron chi connectivity index (χ3n) is 2.06. The molecule has 0 saturated heterocycles. The van der Waals surface area contributed by atoms with Crippen LogP contribution in [0.1, 0.15) is 0 Å². The van der Waals surface area contributed by atoms with Crippen LogP contribution in [0.4, 0.5) is 0 Å². The molecule has 0 aliphatic heterocycles. The van der Waals surface area contributed by atoms with Gasteiger partial charge in [0.1, 0.15) is 0 Å². The van der Waals surface area contributed by atoms with E-state index in [1.54, 1.807) is 0 Å². The Morgan fingerprint density at radius 1 is 0.643 bits per heavy atom. The summed E-state index contributed by atoms with van der Waals surface area (Å²) in [4.78, 5) is 0. The van der Waals surface area contributed by atoms with Gasteiger partial charge >= 0.3 is 94.9 Å². The first kappa shape index (κ1) is 11.4. The van der Waals surface area contributed by atoms with Gasteiger partial charge in [0.15, 0.2) is 0 Å². The van der Waals surface area contributed by atoms with Crippen molar-refractivity contribution in [1.82, 2.24) is 0 Å². The number of rotatable bonds is 1. The third kappa shape index (κ3) is 2.66. The molecular formula is C12H11HgO. The Kier molecular flexibility index (Phi) is 4.30. The van der Waals surface area contributed by atoms with E-state index in [1.165, 1.54) is 14.2 Å². The Labute approximate surface area is 100 Å². The molecule has 0 heterocycles. The molecule has 0 aliphatic carbocycles. The van der Waals surface area contributed by atoms with Crippen LogP contribution in [0.5, 0.6) is 0 Å². The first-order valence-electron chi connectivity index (χ1n) is 4.34. The summed E-state index contributed by atoms with van der Waals surface area (Å²) in [5.74, 6) is 0. The fraction of sp³-hybridized carbons (Fsp3) is 0. The van der Waals surface area contributed by atoms with E-state index in [9.17, 15) is 0 Å². The van der Waals surface area contributed by atoms with Crippen molar-refractivity contribution in [3.63, 3.8) is 0 Å². The first-order chi connectivity index (χ1) is 6.36. The zero-order chi connectivity index (χ0) is 9.10. The third-order valence-corrected chi connectivity index (χ3v) is 3.89. The summed E-state index contributed by atoms with van der Waals surface area (Å²) in [5, 5.41) is 0. The Morgan fingerprint density at radius 3 is 1.71 bits per heavy atom. The molecule has 0 amide bonds. The standard InChI is InChI=1S/C12H9.Hg.H2O/c1-3-7-11(8-4-1)12-9-5-2-6-10-12;;/h1,3-10H;;1H2. The second kappa shape index (κ2) is 5.27. The molecule has 0 aromatic heterocycles. The first-order valence-corrected chi connectivity index (χ1v) is 7.08. The van der Waals surface area contributed by atoms with Gasteiger partial charge in [-0.05, 0) is 0 Å². The van der Waals surface area contributed by atoms with Crippen molar-refractivity contribution in [1.29, 1.82) is 0 Å². The molecule has 0 unspecified atom stereocenters. The second-order valence-corrected chi connectivity index (χ2v) is 6.24. The van der Waals surface area contributed by atoms with Crippen molar-refractivity contribution in [2.75, 3.05) is 0 Å². The summed E-state index contributed by atoms with van der Waals surface area (Å²) in [5.41, 5.74) is 2.62. The molecule has 2 aromatic rings. The van der Waals surface area contributed by atoms with Gasteiger partial charge in [-0.15, -0.1) is 0 Å². The van der Waals surface area contributed by atoms with Crippen molar-refractivity contribution < 1.29 is 31.6 Å². The summed E-state index contributed by atoms with van der Waals surface area (Å²) >= 11 is 0.745. The minimum atomic E-state index is 0. The molecule has 2 rings (SSSR count). The van der Waals surface area contributed by atoms with Crippen molar-refractivity contribution in [3.8, 4) is 11.1 Å². The zero-order valence-electron chi connectivity index (χ0n) is 7.90. The molecule has 0 fully saturated rings. The molecule has 1 nitrogen and oxygen atoms in total. The Balaban J connectivity index is 0.000000980. The van der Waals surface area contributed by atoms with Crippen LogP contribution in [0, 0.1) is 0 Å². The monoisotopic (exact) mass is 373 g/mol. The average molecular weight is 372 g/mol. The van der Waals surface area contributed by atoms with E-state index < -0.39 is 0 Å². The van der Waals surface area contributed by atoms with E-state index in [1.807, 2.05) is 6.07 Å². The summed E-state index contributed by atoms with van der Waals surface area (Å²) in [6.45, 7) is 0. The van der Waals surface area contributed by atoms with E-state index in [0.29, 0.717) is 0 Å². The minimum absolute atomic E-state index is 0. The van der Waals surface area contributed by atoms with Gasteiger partial charge in [-0.25, -0.2) is 0 Å². The van der Waals surface area contributed by atoms with E-state index in [4.69, 9.17) is 0 Å². The predicted octanol–water partition coefficient (Wildman–Crippen LogP) is 1.70. The summed E-state index contributed by atoms with van der Waals surface area (Å²) in [7, 11) is 0. The number of hydrogen-bond acceptors (Lipinski definition) is 0. The molecule has 2 heteroatoms. The fourth-order valence-corrected chi connectivity index (χ4v) is 2.24. The summed E-state index contributed by atoms with van der Waals surface area (Å²) < 4.78 is 1.50. The van der Waals surface area contributed by atoms with Gasteiger partial charge in [-0.2, -0.15) is 0 Å². The van der Waals surface area contributed by atoms with Crippen molar-refractivity contribution in [2.24, 2.45) is 0 Å². The fourth-order valence-electron chi connectivity index (χ4n) is 1.33. The second-order valence-electron chi connectivity index (χ2n) is 3.06. The molecule has 0 atom stereocenters. The molecule has 0 bridgehead atoms. The van der Waals surface area contributed by atoms with E-state index in [-0.39, 0.29) is 5.48 Å².